The summed E-state index contributed by atoms with van der Waals surface area (Å²) in [5, 5.41) is 4.56. The van der Waals surface area contributed by atoms with Gasteiger partial charge in [-0.3, -0.25) is 9.97 Å². The van der Waals surface area contributed by atoms with E-state index >= 15 is 0 Å². The van der Waals surface area contributed by atoms with Crippen LogP contribution in [0.25, 0.3) is 10.9 Å². The summed E-state index contributed by atoms with van der Waals surface area (Å²) in [6, 6.07) is 12.8. The molecule has 21 heavy (non-hydrogen) atoms. The minimum Gasteiger partial charge on any atom is -0.309 e. The molecule has 3 rings (SSSR count). The molecule has 0 aliphatic rings. The maximum absolute atomic E-state index is 4.56. The zero-order valence-electron chi connectivity index (χ0n) is 12.6. The van der Waals surface area contributed by atoms with Crippen LogP contribution in [0.4, 0.5) is 0 Å². The molecule has 1 N–H and O–H groups in total. The highest BCUT2D eigenvalue weighted by Gasteiger charge is 2.14. The van der Waals surface area contributed by atoms with Gasteiger partial charge in [-0.05, 0) is 61.9 Å². The van der Waals surface area contributed by atoms with E-state index in [-0.39, 0.29) is 6.04 Å². The SMILES string of the molecule is CNC(c1ccc2nc(C)ccc2c1)c1cnccc1C. The molecule has 3 heteroatoms. The molecule has 1 atom stereocenters. The lowest BCUT2D eigenvalue weighted by Crippen LogP contribution is -2.18. The minimum atomic E-state index is 0.143. The van der Waals surface area contributed by atoms with Crippen LogP contribution in [0, 0.1) is 13.8 Å². The highest BCUT2D eigenvalue weighted by atomic mass is 14.9. The maximum Gasteiger partial charge on any atom is 0.0705 e. The Morgan fingerprint density at radius 1 is 1.05 bits per heavy atom. The van der Waals surface area contributed by atoms with E-state index in [1.807, 2.05) is 32.4 Å². The Labute approximate surface area is 125 Å². The van der Waals surface area contributed by atoms with E-state index in [0.29, 0.717) is 0 Å². The maximum atomic E-state index is 4.56. The summed E-state index contributed by atoms with van der Waals surface area (Å²) < 4.78 is 0. The topological polar surface area (TPSA) is 37.8 Å². The fourth-order valence-electron chi connectivity index (χ4n) is 2.71. The van der Waals surface area contributed by atoms with Crippen molar-refractivity contribution in [3.05, 3.63) is 71.2 Å². The Kier molecular flexibility index (Phi) is 3.67. The first kappa shape index (κ1) is 13.7. The number of rotatable bonds is 3. The van der Waals surface area contributed by atoms with Crippen LogP contribution >= 0.6 is 0 Å². The molecule has 1 unspecified atom stereocenters. The van der Waals surface area contributed by atoms with E-state index in [9.17, 15) is 0 Å². The highest BCUT2D eigenvalue weighted by Crippen LogP contribution is 2.26. The molecule has 3 aromatic rings. The van der Waals surface area contributed by atoms with Gasteiger partial charge in [0.1, 0.15) is 0 Å². The van der Waals surface area contributed by atoms with E-state index in [1.165, 1.54) is 22.1 Å². The minimum absolute atomic E-state index is 0.143. The lowest BCUT2D eigenvalue weighted by Gasteiger charge is -2.19. The van der Waals surface area contributed by atoms with Gasteiger partial charge >= 0.3 is 0 Å². The zero-order valence-corrected chi connectivity index (χ0v) is 12.6. The van der Waals surface area contributed by atoms with Crippen LogP contribution in [0.2, 0.25) is 0 Å². The molecule has 0 spiro atoms. The van der Waals surface area contributed by atoms with E-state index in [4.69, 9.17) is 0 Å². The predicted octanol–water partition coefficient (Wildman–Crippen LogP) is 3.56. The van der Waals surface area contributed by atoms with Crippen molar-refractivity contribution in [2.45, 2.75) is 19.9 Å². The third-order valence-corrected chi connectivity index (χ3v) is 3.87. The van der Waals surface area contributed by atoms with Crippen LogP contribution in [-0.4, -0.2) is 17.0 Å². The summed E-state index contributed by atoms with van der Waals surface area (Å²) in [4.78, 5) is 8.82. The number of nitrogens with zero attached hydrogens (tertiary/aromatic N) is 2. The van der Waals surface area contributed by atoms with Gasteiger partial charge in [0.25, 0.3) is 0 Å². The number of nitrogens with one attached hydrogen (secondary N) is 1. The van der Waals surface area contributed by atoms with E-state index < -0.39 is 0 Å². The fraction of sp³-hybridized carbons (Fsp3) is 0.222. The van der Waals surface area contributed by atoms with Gasteiger partial charge < -0.3 is 5.32 Å². The van der Waals surface area contributed by atoms with Crippen LogP contribution in [0.15, 0.2) is 48.8 Å². The van der Waals surface area contributed by atoms with Crippen molar-refractivity contribution in [2.24, 2.45) is 0 Å². The van der Waals surface area contributed by atoms with Crippen LogP contribution in [0.5, 0.6) is 0 Å². The normalized spacial score (nSPS) is 12.5. The standard InChI is InChI=1S/C18H19N3/c1-12-8-9-20-11-16(12)18(19-3)15-6-7-17-14(10-15)5-4-13(2)21-17/h4-11,18-19H,1-3H3. The number of pyridine rings is 2. The van der Waals surface area contributed by atoms with Gasteiger partial charge in [-0.1, -0.05) is 12.1 Å². The van der Waals surface area contributed by atoms with Crippen LogP contribution in [0.3, 0.4) is 0 Å². The van der Waals surface area contributed by atoms with Gasteiger partial charge in [-0.15, -0.1) is 0 Å². The molecular formula is C18H19N3. The van der Waals surface area contributed by atoms with Crippen molar-refractivity contribution < 1.29 is 0 Å². The molecule has 2 aromatic heterocycles. The monoisotopic (exact) mass is 277 g/mol. The van der Waals surface area contributed by atoms with Gasteiger partial charge in [0.2, 0.25) is 0 Å². The third-order valence-electron chi connectivity index (χ3n) is 3.87. The first-order chi connectivity index (χ1) is 10.2. The predicted molar refractivity (Wildman–Crippen MR) is 86.4 cm³/mol. The molecule has 0 amide bonds. The molecule has 106 valence electrons. The number of aromatic nitrogens is 2. The summed E-state index contributed by atoms with van der Waals surface area (Å²) >= 11 is 0. The second kappa shape index (κ2) is 5.62. The molecule has 0 aliphatic heterocycles. The molecule has 0 saturated carbocycles. The fourth-order valence-corrected chi connectivity index (χ4v) is 2.71. The summed E-state index contributed by atoms with van der Waals surface area (Å²) in [6.45, 7) is 4.13. The smallest absolute Gasteiger partial charge is 0.0705 e. The Morgan fingerprint density at radius 3 is 2.67 bits per heavy atom. The van der Waals surface area contributed by atoms with Gasteiger partial charge in [0.15, 0.2) is 0 Å². The molecule has 0 aliphatic carbocycles. The second-order valence-corrected chi connectivity index (χ2v) is 5.36. The van der Waals surface area contributed by atoms with Gasteiger partial charge in [0, 0.05) is 23.5 Å². The first-order valence-corrected chi connectivity index (χ1v) is 7.14. The van der Waals surface area contributed by atoms with Gasteiger partial charge in [-0.2, -0.15) is 0 Å². The number of benzene rings is 1. The van der Waals surface area contributed by atoms with Crippen molar-refractivity contribution >= 4 is 10.9 Å². The quantitative estimate of drug-likeness (QED) is 0.795. The van der Waals surface area contributed by atoms with Crippen molar-refractivity contribution in [1.29, 1.82) is 0 Å². The highest BCUT2D eigenvalue weighted by molar-refractivity contribution is 5.79. The number of fused-ring (bicyclic) bond motifs is 1. The Balaban J connectivity index is 2.09. The molecule has 0 radical (unpaired) electrons. The average Bonchev–Trinajstić information content (AvgIpc) is 2.50. The Morgan fingerprint density at radius 2 is 1.90 bits per heavy atom. The number of hydrogen-bond acceptors (Lipinski definition) is 3. The lowest BCUT2D eigenvalue weighted by molar-refractivity contribution is 0.685. The molecule has 0 fully saturated rings. The van der Waals surface area contributed by atoms with Crippen LogP contribution < -0.4 is 5.32 Å². The number of hydrogen-bond donors (Lipinski definition) is 1. The summed E-state index contributed by atoms with van der Waals surface area (Å²) in [6.07, 6.45) is 3.77. The van der Waals surface area contributed by atoms with Crippen molar-refractivity contribution in [3.63, 3.8) is 0 Å². The van der Waals surface area contributed by atoms with Crippen LogP contribution in [-0.2, 0) is 0 Å². The van der Waals surface area contributed by atoms with E-state index in [1.54, 1.807) is 0 Å². The molecule has 3 nitrogen and oxygen atoms in total. The molecule has 0 bridgehead atoms. The Bertz CT molecular complexity index is 780. The lowest BCUT2D eigenvalue weighted by atomic mass is 9.95. The molecule has 2 heterocycles. The van der Waals surface area contributed by atoms with Crippen molar-refractivity contribution in [1.82, 2.24) is 15.3 Å². The Hall–Kier alpha value is -2.26. The van der Waals surface area contributed by atoms with E-state index in [2.05, 4.69) is 52.5 Å². The molecule has 0 saturated heterocycles. The van der Waals surface area contributed by atoms with Crippen molar-refractivity contribution in [2.75, 3.05) is 7.05 Å². The van der Waals surface area contributed by atoms with E-state index in [0.717, 1.165) is 11.2 Å². The van der Waals surface area contributed by atoms with Gasteiger partial charge in [0.05, 0.1) is 11.6 Å². The summed E-state index contributed by atoms with van der Waals surface area (Å²) in [5.74, 6) is 0. The summed E-state index contributed by atoms with van der Waals surface area (Å²) in [5.41, 5.74) is 5.76. The summed E-state index contributed by atoms with van der Waals surface area (Å²) in [7, 11) is 1.98. The molecular weight excluding hydrogens is 258 g/mol. The van der Waals surface area contributed by atoms with Crippen molar-refractivity contribution in [3.8, 4) is 0 Å². The average molecular weight is 277 g/mol. The van der Waals surface area contributed by atoms with Crippen LogP contribution in [0.1, 0.15) is 28.4 Å². The largest absolute Gasteiger partial charge is 0.309 e. The zero-order chi connectivity index (χ0) is 14.8. The third kappa shape index (κ3) is 2.65. The van der Waals surface area contributed by atoms with Gasteiger partial charge in [-0.25, -0.2) is 0 Å². The number of aryl methyl sites for hydroxylation is 2. The second-order valence-electron chi connectivity index (χ2n) is 5.36. The molecule has 1 aromatic carbocycles. The first-order valence-electron chi connectivity index (χ1n) is 7.14.